The van der Waals surface area contributed by atoms with Crippen molar-refractivity contribution in [3.8, 4) is 0 Å². The fraction of sp³-hybridized carbons (Fsp3) is 0.667. The molecule has 0 aromatic carbocycles. The van der Waals surface area contributed by atoms with E-state index >= 15 is 0 Å². The van der Waals surface area contributed by atoms with Crippen LogP contribution in [-0.4, -0.2) is 29.0 Å². The number of aromatic nitrogens is 2. The van der Waals surface area contributed by atoms with Crippen LogP contribution in [0, 0.1) is 0 Å². The molecule has 1 aliphatic heterocycles. The molecule has 0 unspecified atom stereocenters. The summed E-state index contributed by atoms with van der Waals surface area (Å²) < 4.78 is 7.08. The zero-order valence-electron chi connectivity index (χ0n) is 7.86. The lowest BCUT2D eigenvalue weighted by Crippen LogP contribution is -2.45. The number of rotatable bonds is 4. The fourth-order valence-electron chi connectivity index (χ4n) is 1.40. The molecule has 1 aliphatic rings. The molecule has 0 atom stereocenters. The van der Waals surface area contributed by atoms with E-state index in [1.54, 1.807) is 0 Å². The second kappa shape index (κ2) is 3.89. The van der Waals surface area contributed by atoms with Crippen LogP contribution in [0.4, 0.5) is 0 Å². The van der Waals surface area contributed by atoms with Crippen molar-refractivity contribution in [2.75, 3.05) is 13.2 Å². The molecule has 4 heteroatoms. The Morgan fingerprint density at radius 1 is 1.69 bits per heavy atom. The summed E-state index contributed by atoms with van der Waals surface area (Å²) >= 11 is 0. The predicted molar refractivity (Wildman–Crippen MR) is 49.3 cm³/mol. The van der Waals surface area contributed by atoms with Gasteiger partial charge in [0.2, 0.25) is 0 Å². The molecule has 4 nitrogen and oxygen atoms in total. The van der Waals surface area contributed by atoms with Crippen LogP contribution < -0.4 is 5.32 Å². The largest absolute Gasteiger partial charge is 0.378 e. The van der Waals surface area contributed by atoms with E-state index in [2.05, 4.69) is 23.4 Å². The predicted octanol–water partition coefficient (Wildman–Crippen LogP) is 0.391. The molecule has 0 spiro atoms. The first-order valence-electron chi connectivity index (χ1n) is 4.72. The summed E-state index contributed by atoms with van der Waals surface area (Å²) in [5.74, 6) is 0. The molecule has 1 aromatic heterocycles. The molecule has 0 aliphatic carbocycles. The first-order chi connectivity index (χ1) is 6.40. The second-order valence-electron chi connectivity index (χ2n) is 3.25. The summed E-state index contributed by atoms with van der Waals surface area (Å²) in [5.41, 5.74) is 1.24. The van der Waals surface area contributed by atoms with Gasteiger partial charge in [0.1, 0.15) is 0 Å². The Balaban J connectivity index is 1.85. The van der Waals surface area contributed by atoms with Crippen molar-refractivity contribution in [3.63, 3.8) is 0 Å². The number of nitrogens with one attached hydrogen (secondary N) is 1. The molecule has 0 amide bonds. The quantitative estimate of drug-likeness (QED) is 0.730. The van der Waals surface area contributed by atoms with Crippen LogP contribution in [0.15, 0.2) is 12.3 Å². The van der Waals surface area contributed by atoms with Crippen molar-refractivity contribution in [1.29, 1.82) is 0 Å². The maximum absolute atomic E-state index is 5.08. The van der Waals surface area contributed by atoms with Gasteiger partial charge in [-0.15, -0.1) is 0 Å². The highest BCUT2D eigenvalue weighted by Crippen LogP contribution is 2.03. The third-order valence-corrected chi connectivity index (χ3v) is 2.31. The van der Waals surface area contributed by atoms with Gasteiger partial charge in [-0.25, -0.2) is 0 Å². The van der Waals surface area contributed by atoms with Crippen molar-refractivity contribution < 1.29 is 4.74 Å². The number of ether oxygens (including phenoxy) is 1. The summed E-state index contributed by atoms with van der Waals surface area (Å²) in [6, 6.07) is 2.59. The Morgan fingerprint density at radius 3 is 3.15 bits per heavy atom. The van der Waals surface area contributed by atoms with Crippen LogP contribution in [0.3, 0.4) is 0 Å². The van der Waals surface area contributed by atoms with E-state index in [-0.39, 0.29) is 0 Å². The molecule has 1 saturated heterocycles. The van der Waals surface area contributed by atoms with Crippen LogP contribution in [0.5, 0.6) is 0 Å². The van der Waals surface area contributed by atoms with Gasteiger partial charge in [0.25, 0.3) is 0 Å². The number of aryl methyl sites for hydroxylation is 1. The van der Waals surface area contributed by atoms with E-state index in [4.69, 9.17) is 4.74 Å². The molecule has 72 valence electrons. The van der Waals surface area contributed by atoms with E-state index in [1.807, 2.05) is 10.9 Å². The number of nitrogens with zero attached hydrogens (tertiary/aromatic N) is 2. The molecule has 1 aromatic rings. The van der Waals surface area contributed by atoms with Crippen molar-refractivity contribution in [2.45, 2.75) is 26.1 Å². The normalized spacial score (nSPS) is 17.3. The monoisotopic (exact) mass is 181 g/mol. The van der Waals surface area contributed by atoms with Gasteiger partial charge in [-0.05, 0) is 13.0 Å². The molecule has 2 rings (SSSR count). The van der Waals surface area contributed by atoms with Crippen LogP contribution in [-0.2, 0) is 17.8 Å². The highest BCUT2D eigenvalue weighted by atomic mass is 16.5. The van der Waals surface area contributed by atoms with Gasteiger partial charge >= 0.3 is 0 Å². The fourth-order valence-corrected chi connectivity index (χ4v) is 1.40. The Kier molecular flexibility index (Phi) is 2.61. The highest BCUT2D eigenvalue weighted by Gasteiger charge is 2.17. The van der Waals surface area contributed by atoms with Crippen LogP contribution in [0.1, 0.15) is 12.6 Å². The van der Waals surface area contributed by atoms with E-state index in [0.29, 0.717) is 6.04 Å². The molecular weight excluding hydrogens is 166 g/mol. The van der Waals surface area contributed by atoms with Crippen LogP contribution in [0.2, 0.25) is 0 Å². The molecule has 2 heterocycles. The first kappa shape index (κ1) is 8.72. The Bertz CT molecular complexity index is 268. The summed E-state index contributed by atoms with van der Waals surface area (Å²) in [6.45, 7) is 5.62. The second-order valence-corrected chi connectivity index (χ2v) is 3.25. The van der Waals surface area contributed by atoms with Gasteiger partial charge < -0.3 is 10.1 Å². The summed E-state index contributed by atoms with van der Waals surface area (Å²) in [7, 11) is 0. The summed E-state index contributed by atoms with van der Waals surface area (Å²) in [4.78, 5) is 0. The number of hydrogen-bond acceptors (Lipinski definition) is 3. The topological polar surface area (TPSA) is 39.1 Å². The zero-order valence-corrected chi connectivity index (χ0v) is 7.86. The van der Waals surface area contributed by atoms with Crippen molar-refractivity contribution in [2.24, 2.45) is 0 Å². The van der Waals surface area contributed by atoms with Gasteiger partial charge in [0.15, 0.2) is 0 Å². The van der Waals surface area contributed by atoms with Gasteiger partial charge in [0.05, 0.1) is 24.9 Å². The maximum Gasteiger partial charge on any atom is 0.0643 e. The minimum atomic E-state index is 0.542. The molecule has 13 heavy (non-hydrogen) atoms. The molecule has 0 radical (unpaired) electrons. The maximum atomic E-state index is 5.08. The van der Waals surface area contributed by atoms with Gasteiger partial charge in [-0.3, -0.25) is 4.68 Å². The zero-order chi connectivity index (χ0) is 9.10. The number of hydrogen-bond donors (Lipinski definition) is 1. The lowest BCUT2D eigenvalue weighted by atomic mass is 10.2. The Labute approximate surface area is 77.9 Å². The summed E-state index contributed by atoms with van der Waals surface area (Å²) in [6.07, 6.45) is 1.85. The SMILES string of the molecule is CCn1nccc1CNC1COC1. The first-order valence-corrected chi connectivity index (χ1v) is 4.72. The smallest absolute Gasteiger partial charge is 0.0643 e. The van der Waals surface area contributed by atoms with Crippen LogP contribution in [0.25, 0.3) is 0 Å². The molecule has 0 saturated carbocycles. The van der Waals surface area contributed by atoms with Crippen molar-refractivity contribution in [1.82, 2.24) is 15.1 Å². The summed E-state index contributed by atoms with van der Waals surface area (Å²) in [5, 5.41) is 7.61. The molecule has 0 bridgehead atoms. The average molecular weight is 181 g/mol. The van der Waals surface area contributed by atoms with Crippen molar-refractivity contribution >= 4 is 0 Å². The minimum Gasteiger partial charge on any atom is -0.378 e. The molecule has 1 N–H and O–H groups in total. The van der Waals surface area contributed by atoms with E-state index in [0.717, 1.165) is 26.3 Å². The molecule has 1 fully saturated rings. The van der Waals surface area contributed by atoms with Gasteiger partial charge in [-0.2, -0.15) is 5.10 Å². The van der Waals surface area contributed by atoms with Gasteiger partial charge in [0, 0.05) is 19.3 Å². The average Bonchev–Trinajstić information content (AvgIpc) is 2.49. The standard InChI is InChI=1S/C9H15N3O/c1-2-12-9(3-4-11-12)5-10-8-6-13-7-8/h3-4,8,10H,2,5-7H2,1H3. The van der Waals surface area contributed by atoms with Gasteiger partial charge in [-0.1, -0.05) is 0 Å². The molecular formula is C9H15N3O. The highest BCUT2D eigenvalue weighted by molar-refractivity contribution is 5.00. The van der Waals surface area contributed by atoms with E-state index in [9.17, 15) is 0 Å². The Morgan fingerprint density at radius 2 is 2.54 bits per heavy atom. The lowest BCUT2D eigenvalue weighted by Gasteiger charge is -2.26. The minimum absolute atomic E-state index is 0.542. The Hall–Kier alpha value is -0.870. The lowest BCUT2D eigenvalue weighted by molar-refractivity contribution is -0.00604. The van der Waals surface area contributed by atoms with E-state index < -0.39 is 0 Å². The third kappa shape index (κ3) is 1.89. The van der Waals surface area contributed by atoms with E-state index in [1.165, 1.54) is 5.69 Å². The van der Waals surface area contributed by atoms with Crippen LogP contribution >= 0.6 is 0 Å². The van der Waals surface area contributed by atoms with Crippen molar-refractivity contribution in [3.05, 3.63) is 18.0 Å². The third-order valence-electron chi connectivity index (χ3n) is 2.31.